The topological polar surface area (TPSA) is 93.1 Å². The van der Waals surface area contributed by atoms with Crippen molar-refractivity contribution in [2.24, 2.45) is 0 Å². The molecule has 128 valence electrons. The first kappa shape index (κ1) is 21.6. The van der Waals surface area contributed by atoms with Gasteiger partial charge in [-0.15, -0.1) is 4.52 Å². The molecule has 2 N–H and O–H groups in total. The molecule has 22 heavy (non-hydrogen) atoms. The average molecular weight is 353 g/mol. The van der Waals surface area contributed by atoms with E-state index in [4.69, 9.17) is 19.0 Å². The molecule has 0 aromatic heterocycles. The van der Waals surface area contributed by atoms with Crippen molar-refractivity contribution in [3.63, 3.8) is 0 Å². The van der Waals surface area contributed by atoms with Gasteiger partial charge in [0.05, 0.1) is 6.61 Å². The van der Waals surface area contributed by atoms with Crippen LogP contribution < -0.4 is 0 Å². The fourth-order valence-electron chi connectivity index (χ4n) is 1.49. The van der Waals surface area contributed by atoms with E-state index in [1.165, 1.54) is 11.1 Å². The zero-order chi connectivity index (χ0) is 17.0. The third-order valence-electron chi connectivity index (χ3n) is 2.61. The summed E-state index contributed by atoms with van der Waals surface area (Å²) < 4.78 is 32.0. The van der Waals surface area contributed by atoms with Crippen LogP contribution in [0.2, 0.25) is 0 Å². The highest BCUT2D eigenvalue weighted by Gasteiger charge is 2.30. The lowest BCUT2D eigenvalue weighted by Crippen LogP contribution is -1.99. The van der Waals surface area contributed by atoms with E-state index in [0.29, 0.717) is 19.6 Å². The van der Waals surface area contributed by atoms with Gasteiger partial charge in [0.25, 0.3) is 5.90 Å². The van der Waals surface area contributed by atoms with E-state index in [-0.39, 0.29) is 6.61 Å². The molecule has 0 aliphatic carbocycles. The maximum atomic E-state index is 11.2. The average Bonchev–Trinajstić information content (AvgIpc) is 2.35. The van der Waals surface area contributed by atoms with Crippen LogP contribution in [0.5, 0.6) is 0 Å². The Balaban J connectivity index is 3.59. The van der Waals surface area contributed by atoms with Gasteiger partial charge < -0.3 is 14.5 Å². The molecule has 0 amide bonds. The summed E-state index contributed by atoms with van der Waals surface area (Å²) in [6.45, 7) is 7.37. The molecule has 1 unspecified atom stereocenters. The highest BCUT2D eigenvalue weighted by molar-refractivity contribution is 7.64. The van der Waals surface area contributed by atoms with E-state index < -0.39 is 21.5 Å². The summed E-state index contributed by atoms with van der Waals surface area (Å²) in [4.78, 5) is 17.2. The Kier molecular flexibility index (Phi) is 11.9. The summed E-state index contributed by atoms with van der Waals surface area (Å²) in [5, 5.41) is 0. The lowest BCUT2D eigenvalue weighted by Gasteiger charge is -2.01. The fourth-order valence-corrected chi connectivity index (χ4v) is 3.36. The molecule has 0 rings (SSSR count). The first-order valence-electron chi connectivity index (χ1n) is 7.19. The molecule has 8 heteroatoms. The number of hydrogen-bond acceptors (Lipinski definition) is 4. The van der Waals surface area contributed by atoms with E-state index >= 15 is 0 Å². The number of ether oxygens (including phenoxy) is 1. The number of allylic oxidation sites excluding steroid dienone is 3. The molecule has 0 aliphatic rings. The van der Waals surface area contributed by atoms with E-state index in [9.17, 15) is 9.13 Å². The van der Waals surface area contributed by atoms with E-state index in [2.05, 4.69) is 26.8 Å². The van der Waals surface area contributed by atoms with Gasteiger partial charge in [-0.25, -0.2) is 0 Å². The summed E-state index contributed by atoms with van der Waals surface area (Å²) in [5.74, 6) is -0.725. The Morgan fingerprint density at radius 3 is 2.45 bits per heavy atom. The Bertz CT molecular complexity index is 435. The minimum absolute atomic E-state index is 0.165. The van der Waals surface area contributed by atoms with Gasteiger partial charge in [-0.2, -0.15) is 0 Å². The van der Waals surface area contributed by atoms with Crippen LogP contribution in [0.25, 0.3) is 0 Å². The second-order valence-corrected chi connectivity index (χ2v) is 8.66. The van der Waals surface area contributed by atoms with Crippen molar-refractivity contribution < 1.29 is 28.2 Å². The van der Waals surface area contributed by atoms with Crippen molar-refractivity contribution in [3.05, 3.63) is 23.3 Å². The summed E-state index contributed by atoms with van der Waals surface area (Å²) in [6.07, 6.45) is 6.82. The molecule has 0 saturated carbocycles. The highest BCUT2D eigenvalue weighted by Crippen LogP contribution is 2.45. The Hall–Kier alpha value is -0.350. The largest absolute Gasteiger partial charge is 0.521 e. The molecule has 0 aliphatic heterocycles. The first-order valence-corrected chi connectivity index (χ1v) is 10.4. The van der Waals surface area contributed by atoms with Gasteiger partial charge >= 0.3 is 15.6 Å². The molecule has 0 bridgehead atoms. The fraction of sp³-hybridized carbons (Fsp3) is 0.714. The molecule has 0 radical (unpaired) electrons. The van der Waals surface area contributed by atoms with Crippen LogP contribution in [-0.2, 0) is 18.4 Å². The molecule has 0 saturated heterocycles. The number of hydrogen-bond donors (Lipinski definition) is 2. The van der Waals surface area contributed by atoms with Crippen LogP contribution in [0.4, 0.5) is 0 Å². The van der Waals surface area contributed by atoms with Gasteiger partial charge in [0, 0.05) is 6.61 Å². The molecule has 0 aromatic carbocycles. The molecule has 6 nitrogen and oxygen atoms in total. The smallest absolute Gasteiger partial charge is 0.377 e. The standard InChI is InChI=1S/C14H26O6P2/c1-13(2)6-4-7-14(3)8-11-19-9-5-10-20-21(15)12-22(16,17)18/h6,8H,4-5,7,9-12H2,1-3H3,(H-,16,17,18)/p+1. The van der Waals surface area contributed by atoms with Crippen LogP contribution >= 0.6 is 15.6 Å². The van der Waals surface area contributed by atoms with Gasteiger partial charge in [0.15, 0.2) is 0 Å². The second kappa shape index (κ2) is 12.1. The third kappa shape index (κ3) is 16.0. The zero-order valence-corrected chi connectivity index (χ0v) is 15.3. The van der Waals surface area contributed by atoms with E-state index in [1.54, 1.807) is 0 Å². The quantitative estimate of drug-likeness (QED) is 0.313. The lowest BCUT2D eigenvalue weighted by molar-refractivity contribution is 0.144. The van der Waals surface area contributed by atoms with Crippen LogP contribution in [0.3, 0.4) is 0 Å². The van der Waals surface area contributed by atoms with Crippen molar-refractivity contribution in [2.45, 2.75) is 40.0 Å². The van der Waals surface area contributed by atoms with Crippen molar-refractivity contribution in [3.8, 4) is 0 Å². The predicted octanol–water partition coefficient (Wildman–Crippen LogP) is 3.98. The highest BCUT2D eigenvalue weighted by atomic mass is 31.2. The van der Waals surface area contributed by atoms with Gasteiger partial charge in [-0.05, 0) is 44.6 Å². The maximum Gasteiger partial charge on any atom is 0.521 e. The third-order valence-corrected chi connectivity index (χ3v) is 5.48. The predicted molar refractivity (Wildman–Crippen MR) is 88.3 cm³/mol. The van der Waals surface area contributed by atoms with E-state index in [1.807, 2.05) is 6.08 Å². The minimum atomic E-state index is -4.27. The zero-order valence-electron chi connectivity index (χ0n) is 13.5. The van der Waals surface area contributed by atoms with Gasteiger partial charge in [-0.1, -0.05) is 23.3 Å². The summed E-state index contributed by atoms with van der Waals surface area (Å²) >= 11 is 0. The Morgan fingerprint density at radius 1 is 1.18 bits per heavy atom. The van der Waals surface area contributed by atoms with Crippen molar-refractivity contribution >= 4 is 15.6 Å². The number of rotatable bonds is 12. The van der Waals surface area contributed by atoms with Crippen molar-refractivity contribution in [1.82, 2.24) is 0 Å². The lowest BCUT2D eigenvalue weighted by atomic mass is 10.1. The van der Waals surface area contributed by atoms with Crippen molar-refractivity contribution in [2.75, 3.05) is 25.7 Å². The summed E-state index contributed by atoms with van der Waals surface area (Å²) in [6, 6.07) is 0. The normalized spacial score (nSPS) is 13.1. The summed E-state index contributed by atoms with van der Waals surface area (Å²) in [7, 11) is -6.57. The monoisotopic (exact) mass is 353 g/mol. The van der Waals surface area contributed by atoms with Crippen LogP contribution in [-0.4, -0.2) is 35.5 Å². The van der Waals surface area contributed by atoms with Crippen LogP contribution in [0, 0.1) is 0 Å². The second-order valence-electron chi connectivity index (χ2n) is 5.27. The van der Waals surface area contributed by atoms with Gasteiger partial charge in [0.1, 0.15) is 6.61 Å². The molecule has 1 atom stereocenters. The molecular formula is C14H27O6P2+. The maximum absolute atomic E-state index is 11.2. The Labute approximate surface area is 133 Å². The van der Waals surface area contributed by atoms with E-state index in [0.717, 1.165) is 12.8 Å². The molecule has 0 fully saturated rings. The minimum Gasteiger partial charge on any atom is -0.377 e. The molecule has 0 spiro atoms. The van der Waals surface area contributed by atoms with Crippen LogP contribution in [0.15, 0.2) is 23.3 Å². The first-order chi connectivity index (χ1) is 10.2. The van der Waals surface area contributed by atoms with Crippen LogP contribution in [0.1, 0.15) is 40.0 Å². The molecule has 0 aromatic rings. The SMILES string of the molecule is CC(C)=CCCC(C)=CCOCCCO[P+](=O)CP(=O)(O)O. The van der Waals surface area contributed by atoms with Crippen molar-refractivity contribution in [1.29, 1.82) is 0 Å². The Morgan fingerprint density at radius 2 is 1.86 bits per heavy atom. The molecule has 0 heterocycles. The van der Waals surface area contributed by atoms with Gasteiger partial charge in [0.2, 0.25) is 0 Å². The molecular weight excluding hydrogens is 326 g/mol. The van der Waals surface area contributed by atoms with Gasteiger partial charge in [-0.3, -0.25) is 4.57 Å². The summed E-state index contributed by atoms with van der Waals surface area (Å²) in [5.41, 5.74) is 2.60.